The van der Waals surface area contributed by atoms with Crippen LogP contribution < -0.4 is 15.4 Å². The highest BCUT2D eigenvalue weighted by atomic mass is 35.5. The molecule has 1 saturated carbocycles. The van der Waals surface area contributed by atoms with Crippen LogP contribution in [0.3, 0.4) is 0 Å². The first-order valence-electron chi connectivity index (χ1n) is 17.3. The van der Waals surface area contributed by atoms with Gasteiger partial charge >= 0.3 is 6.03 Å². The van der Waals surface area contributed by atoms with Gasteiger partial charge in [-0.1, -0.05) is 29.8 Å². The van der Waals surface area contributed by atoms with Crippen LogP contribution in [0.4, 0.5) is 4.79 Å². The summed E-state index contributed by atoms with van der Waals surface area (Å²) < 4.78 is 46.3. The molecule has 2 aromatic carbocycles. The van der Waals surface area contributed by atoms with Crippen LogP contribution in [0.15, 0.2) is 65.8 Å². The van der Waals surface area contributed by atoms with Crippen molar-refractivity contribution in [3.8, 4) is 16.9 Å². The Hall–Kier alpha value is -3.38. The molecule has 1 aliphatic heterocycles. The second-order valence-corrected chi connectivity index (χ2v) is 15.6. The number of rotatable bonds is 20. The predicted molar refractivity (Wildman–Crippen MR) is 192 cm³/mol. The topological polar surface area (TPSA) is 200 Å². The maximum Gasteiger partial charge on any atom is 0.314 e. The zero-order valence-corrected chi connectivity index (χ0v) is 30.6. The van der Waals surface area contributed by atoms with Crippen LogP contribution in [-0.2, 0) is 31.7 Å². The number of para-hydroxylation sites is 1. The molecular weight excluding hydrogens is 716 g/mol. The first kappa shape index (κ1) is 39.8. The lowest BCUT2D eigenvalue weighted by Crippen LogP contribution is -2.42. The number of hydrogen-bond acceptors (Lipinski definition) is 11. The normalized spacial score (nSPS) is 17.2. The van der Waals surface area contributed by atoms with E-state index in [9.17, 15) is 28.5 Å². The molecule has 1 saturated heterocycles. The number of unbranched alkanes of at least 4 members (excludes halogenated alkanes) is 1. The summed E-state index contributed by atoms with van der Waals surface area (Å²) in [6.45, 7) is 0.855. The Morgan fingerprint density at radius 1 is 1.08 bits per heavy atom. The molecule has 6 N–H and O–H groups in total. The van der Waals surface area contributed by atoms with E-state index in [1.807, 2.05) is 36.5 Å². The average molecular weight is 763 g/mol. The van der Waals surface area contributed by atoms with E-state index >= 15 is 0 Å². The Balaban J connectivity index is 1.13. The van der Waals surface area contributed by atoms with Gasteiger partial charge < -0.3 is 45.3 Å². The van der Waals surface area contributed by atoms with E-state index in [1.54, 1.807) is 18.3 Å². The van der Waals surface area contributed by atoms with E-state index in [2.05, 4.69) is 15.6 Å². The number of sulfonamides is 1. The third-order valence-electron chi connectivity index (χ3n) is 9.15. The van der Waals surface area contributed by atoms with Gasteiger partial charge in [0, 0.05) is 61.6 Å². The first-order chi connectivity index (χ1) is 24.9. The van der Waals surface area contributed by atoms with Gasteiger partial charge in [-0.15, -0.1) is 0 Å². The van der Waals surface area contributed by atoms with Crippen molar-refractivity contribution in [2.24, 2.45) is 0 Å². The zero-order chi connectivity index (χ0) is 37.3. The second kappa shape index (κ2) is 18.1. The summed E-state index contributed by atoms with van der Waals surface area (Å²) >= 11 is 6.55. The van der Waals surface area contributed by atoms with Gasteiger partial charge in [-0.3, -0.25) is 4.98 Å². The molecule has 3 atom stereocenters. The monoisotopic (exact) mass is 762 g/mol. The van der Waals surface area contributed by atoms with Gasteiger partial charge in [-0.2, -0.15) is 0 Å². The number of ether oxygens (including phenoxy) is 3. The molecule has 5 rings (SSSR count). The van der Waals surface area contributed by atoms with Gasteiger partial charge in [0.1, 0.15) is 18.0 Å². The number of benzene rings is 2. The fraction of sp³-hybridized carbons (Fsp3) is 0.500. The third-order valence-corrected chi connectivity index (χ3v) is 11.4. The van der Waals surface area contributed by atoms with Gasteiger partial charge in [0.05, 0.1) is 49.1 Å². The summed E-state index contributed by atoms with van der Waals surface area (Å²) in [5.41, 5.74) is 2.74. The largest absolute Gasteiger partial charge is 0.485 e. The number of carbonyl (C=O) groups is 1. The minimum absolute atomic E-state index is 0.00866. The number of amides is 2. The number of urea groups is 1. The number of aliphatic hydroxyl groups is 4. The quantitative estimate of drug-likeness (QED) is 0.0925. The van der Waals surface area contributed by atoms with E-state index in [0.717, 1.165) is 35.3 Å². The molecule has 16 heteroatoms. The number of nitrogens with zero attached hydrogens (tertiary/aromatic N) is 2. The first-order valence-corrected chi connectivity index (χ1v) is 19.1. The molecule has 14 nitrogen and oxygen atoms in total. The number of aromatic nitrogens is 1. The van der Waals surface area contributed by atoms with Crippen LogP contribution in [0.2, 0.25) is 5.02 Å². The predicted octanol–water partition coefficient (Wildman–Crippen LogP) is 2.55. The summed E-state index contributed by atoms with van der Waals surface area (Å²) in [6.07, 6.45) is 2.01. The summed E-state index contributed by atoms with van der Waals surface area (Å²) in [4.78, 5) is 16.5. The molecule has 2 fully saturated rings. The maximum atomic E-state index is 13.5. The SMILES string of the molecule is CN(CCCCNC(=O)NC[C@H](O)C[C@H](O)[C@H](O)CO)S(=O)(=O)c1ccc(Cl)c(COC2(c3cnccc3-c3ccccc3OC3COC3)CC2)c1. The van der Waals surface area contributed by atoms with Gasteiger partial charge in [-0.25, -0.2) is 17.5 Å². The fourth-order valence-electron chi connectivity index (χ4n) is 5.76. The van der Waals surface area contributed by atoms with Crippen molar-refractivity contribution in [2.75, 3.05) is 46.5 Å². The lowest BCUT2D eigenvalue weighted by atomic mass is 9.96. The number of hydrogen-bond donors (Lipinski definition) is 6. The van der Waals surface area contributed by atoms with Crippen LogP contribution >= 0.6 is 11.6 Å². The Kier molecular flexibility index (Phi) is 13.9. The molecule has 0 radical (unpaired) electrons. The molecule has 1 aromatic heterocycles. The van der Waals surface area contributed by atoms with Crippen molar-refractivity contribution in [3.05, 3.63) is 77.1 Å². The Morgan fingerprint density at radius 2 is 1.85 bits per heavy atom. The van der Waals surface area contributed by atoms with Gasteiger partial charge in [-0.05, 0) is 67.1 Å². The molecule has 2 heterocycles. The van der Waals surface area contributed by atoms with Crippen molar-refractivity contribution >= 4 is 27.7 Å². The van der Waals surface area contributed by atoms with Crippen molar-refractivity contribution in [2.45, 2.75) is 73.6 Å². The van der Waals surface area contributed by atoms with Gasteiger partial charge in [0.25, 0.3) is 0 Å². The molecule has 0 spiro atoms. The van der Waals surface area contributed by atoms with Crippen LogP contribution in [0.5, 0.6) is 5.75 Å². The van der Waals surface area contributed by atoms with Crippen molar-refractivity contribution in [3.63, 3.8) is 0 Å². The van der Waals surface area contributed by atoms with Crippen LogP contribution in [0.1, 0.15) is 43.2 Å². The van der Waals surface area contributed by atoms with E-state index in [-0.39, 0.29) is 43.7 Å². The number of aliphatic hydroxyl groups excluding tert-OH is 4. The Labute approximate surface area is 308 Å². The van der Waals surface area contributed by atoms with E-state index in [0.29, 0.717) is 36.6 Å². The summed E-state index contributed by atoms with van der Waals surface area (Å²) in [6, 6.07) is 13.8. The molecule has 1 aliphatic carbocycles. The molecule has 2 amide bonds. The van der Waals surface area contributed by atoms with Crippen molar-refractivity contribution < 1.29 is 47.8 Å². The number of halogens is 1. The summed E-state index contributed by atoms with van der Waals surface area (Å²) in [7, 11) is -2.37. The second-order valence-electron chi connectivity index (χ2n) is 13.1. The minimum Gasteiger partial charge on any atom is -0.485 e. The smallest absolute Gasteiger partial charge is 0.314 e. The highest BCUT2D eigenvalue weighted by Crippen LogP contribution is 2.53. The Bertz CT molecular complexity index is 1760. The lowest BCUT2D eigenvalue weighted by Gasteiger charge is -2.28. The number of nitrogens with one attached hydrogen (secondary N) is 2. The average Bonchev–Trinajstić information content (AvgIpc) is 3.92. The van der Waals surface area contributed by atoms with Crippen LogP contribution in [0, 0.1) is 0 Å². The molecule has 284 valence electrons. The minimum atomic E-state index is -3.86. The summed E-state index contributed by atoms with van der Waals surface area (Å²) in [5.74, 6) is 0.758. The van der Waals surface area contributed by atoms with E-state index < -0.39 is 46.6 Å². The van der Waals surface area contributed by atoms with Crippen LogP contribution in [-0.4, -0.2) is 115 Å². The lowest BCUT2D eigenvalue weighted by molar-refractivity contribution is -0.0794. The van der Waals surface area contributed by atoms with Gasteiger partial charge in [0.15, 0.2) is 0 Å². The number of pyridine rings is 1. The molecular formula is C36H47ClN4O10S. The number of carbonyl (C=O) groups excluding carboxylic acids is 1. The standard InChI is InChI=1S/C36H47ClN4O10S/c1-41(15-5-4-13-39-35(46)40-18-25(43)17-32(44)33(45)20-42)52(47,48)27-8-9-31(37)24(16-27)21-50-36(11-12-36)30-19-38-14-10-28(30)29-6-2-3-7-34(29)51-26-22-49-23-26/h2-3,6-10,14,16,19,25-26,32-33,42-45H,4-5,11-13,15,17-18,20-23H2,1H3,(H2,39,40,46)/t25-,32+,33-/m1/s1. The molecule has 0 unspecified atom stereocenters. The highest BCUT2D eigenvalue weighted by Gasteiger charge is 2.48. The molecule has 3 aromatic rings. The zero-order valence-electron chi connectivity index (χ0n) is 29.0. The summed E-state index contributed by atoms with van der Waals surface area (Å²) in [5, 5.41) is 43.3. The highest BCUT2D eigenvalue weighted by molar-refractivity contribution is 7.89. The Morgan fingerprint density at radius 3 is 2.56 bits per heavy atom. The molecule has 0 bridgehead atoms. The van der Waals surface area contributed by atoms with E-state index in [4.69, 9.17) is 30.9 Å². The van der Waals surface area contributed by atoms with E-state index in [1.165, 1.54) is 17.4 Å². The van der Waals surface area contributed by atoms with Crippen molar-refractivity contribution in [1.29, 1.82) is 0 Å². The third kappa shape index (κ3) is 10.2. The molecule has 52 heavy (non-hydrogen) atoms. The fourth-order valence-corrected chi connectivity index (χ4v) is 7.20. The van der Waals surface area contributed by atoms with Crippen molar-refractivity contribution in [1.82, 2.24) is 19.9 Å². The van der Waals surface area contributed by atoms with Crippen LogP contribution in [0.25, 0.3) is 11.1 Å². The van der Waals surface area contributed by atoms with Gasteiger partial charge in [0.2, 0.25) is 10.0 Å². The maximum absolute atomic E-state index is 13.5. The molecule has 2 aliphatic rings.